The molecule has 4 aliphatic carbocycles. The Kier molecular flexibility index (Phi) is 2.04. The Balaban J connectivity index is 1.81. The molecular weight excluding hydrogens is 224 g/mol. The average Bonchev–Trinajstić information content (AvgIpc) is 2.30. The lowest BCUT2D eigenvalue weighted by atomic mass is 9.48. The minimum atomic E-state index is 0.164. The Hall–Kier alpha value is -1.18. The fourth-order valence-electron chi connectivity index (χ4n) is 5.39. The van der Waals surface area contributed by atoms with Crippen LogP contribution in [0.15, 0.2) is 18.2 Å². The molecule has 4 aliphatic rings. The van der Waals surface area contributed by atoms with Gasteiger partial charge in [-0.3, -0.25) is 0 Å². The summed E-state index contributed by atoms with van der Waals surface area (Å²) in [5.74, 6) is 3.25. The highest BCUT2D eigenvalue weighted by Crippen LogP contribution is 2.61. The summed E-state index contributed by atoms with van der Waals surface area (Å²) in [5, 5.41) is 19.9. The Morgan fingerprint density at radius 3 is 2.00 bits per heavy atom. The van der Waals surface area contributed by atoms with Crippen LogP contribution >= 0.6 is 0 Å². The van der Waals surface area contributed by atoms with Crippen molar-refractivity contribution >= 4 is 0 Å². The smallest absolute Gasteiger partial charge is 0.119 e. The van der Waals surface area contributed by atoms with Gasteiger partial charge in [-0.25, -0.2) is 0 Å². The van der Waals surface area contributed by atoms with Crippen LogP contribution in [0.1, 0.15) is 44.1 Å². The van der Waals surface area contributed by atoms with Gasteiger partial charge >= 0.3 is 0 Å². The van der Waals surface area contributed by atoms with Gasteiger partial charge in [0.05, 0.1) is 0 Å². The van der Waals surface area contributed by atoms with E-state index in [1.165, 1.54) is 38.5 Å². The Bertz CT molecular complexity index is 457. The monoisotopic (exact) mass is 244 g/mol. The van der Waals surface area contributed by atoms with Crippen LogP contribution in [-0.2, 0) is 5.41 Å². The van der Waals surface area contributed by atoms with Gasteiger partial charge in [-0.1, -0.05) is 0 Å². The average molecular weight is 244 g/mol. The van der Waals surface area contributed by atoms with Crippen LogP contribution in [0.5, 0.6) is 11.5 Å². The first-order valence-corrected chi connectivity index (χ1v) is 7.17. The van der Waals surface area contributed by atoms with Gasteiger partial charge in [0.2, 0.25) is 0 Å². The second kappa shape index (κ2) is 3.43. The molecule has 96 valence electrons. The van der Waals surface area contributed by atoms with Crippen molar-refractivity contribution in [1.82, 2.24) is 0 Å². The van der Waals surface area contributed by atoms with Crippen molar-refractivity contribution in [2.75, 3.05) is 0 Å². The normalized spacial score (nSPS) is 41.2. The third kappa shape index (κ3) is 1.41. The van der Waals surface area contributed by atoms with Gasteiger partial charge in [0, 0.05) is 5.56 Å². The van der Waals surface area contributed by atoms with E-state index in [-0.39, 0.29) is 5.41 Å². The van der Waals surface area contributed by atoms with Crippen LogP contribution in [-0.4, -0.2) is 10.2 Å². The van der Waals surface area contributed by atoms with E-state index < -0.39 is 0 Å². The summed E-state index contributed by atoms with van der Waals surface area (Å²) in [4.78, 5) is 0. The lowest BCUT2D eigenvalue weighted by molar-refractivity contribution is -0.00622. The predicted octanol–water partition coefficient (Wildman–Crippen LogP) is 3.57. The molecule has 4 bridgehead atoms. The first kappa shape index (κ1) is 10.7. The van der Waals surface area contributed by atoms with Crippen molar-refractivity contribution in [1.29, 1.82) is 0 Å². The maximum absolute atomic E-state index is 10.2. The third-order valence-corrected chi connectivity index (χ3v) is 5.59. The summed E-state index contributed by atoms with van der Waals surface area (Å²) in [6, 6.07) is 5.05. The van der Waals surface area contributed by atoms with Gasteiger partial charge in [0.1, 0.15) is 11.5 Å². The van der Waals surface area contributed by atoms with Crippen LogP contribution in [0.2, 0.25) is 0 Å². The van der Waals surface area contributed by atoms with E-state index in [1.807, 2.05) is 6.07 Å². The molecule has 1 aromatic rings. The van der Waals surface area contributed by atoms with E-state index >= 15 is 0 Å². The molecular formula is C16H20O2. The number of phenolic OH excluding ortho intramolecular Hbond substituents is 2. The van der Waals surface area contributed by atoms with Gasteiger partial charge in [-0.2, -0.15) is 0 Å². The molecule has 4 fully saturated rings. The summed E-state index contributed by atoms with van der Waals surface area (Å²) in [6.07, 6.45) is 7.86. The molecule has 18 heavy (non-hydrogen) atoms. The van der Waals surface area contributed by atoms with E-state index in [2.05, 4.69) is 0 Å². The Labute approximate surface area is 108 Å². The summed E-state index contributed by atoms with van der Waals surface area (Å²) < 4.78 is 0. The standard InChI is InChI=1S/C16H20O2/c17-13-1-2-15(18)14(6-13)16-7-10-3-11(8-16)5-12(4-10)9-16/h1-2,6,10-12,17-18H,3-5,7-9H2. The SMILES string of the molecule is Oc1ccc(O)c(C23CC4CC(CC(C4)C2)C3)c1. The summed E-state index contributed by atoms with van der Waals surface area (Å²) >= 11 is 0. The highest BCUT2D eigenvalue weighted by atomic mass is 16.3. The fraction of sp³-hybridized carbons (Fsp3) is 0.625. The van der Waals surface area contributed by atoms with Crippen LogP contribution in [0.25, 0.3) is 0 Å². The zero-order chi connectivity index (χ0) is 12.3. The first-order chi connectivity index (χ1) is 8.64. The summed E-state index contributed by atoms with van der Waals surface area (Å²) in [6.45, 7) is 0. The molecule has 0 saturated heterocycles. The zero-order valence-corrected chi connectivity index (χ0v) is 10.6. The molecule has 2 nitrogen and oxygen atoms in total. The first-order valence-electron chi connectivity index (χ1n) is 7.17. The van der Waals surface area contributed by atoms with Crippen molar-refractivity contribution in [3.05, 3.63) is 23.8 Å². The molecule has 2 heteroatoms. The Morgan fingerprint density at radius 2 is 1.44 bits per heavy atom. The largest absolute Gasteiger partial charge is 0.508 e. The van der Waals surface area contributed by atoms with Gasteiger partial charge in [0.25, 0.3) is 0 Å². The molecule has 0 heterocycles. The molecule has 2 N–H and O–H groups in total. The molecule has 0 aromatic heterocycles. The van der Waals surface area contributed by atoms with Gasteiger partial charge in [-0.15, -0.1) is 0 Å². The van der Waals surface area contributed by atoms with Gasteiger partial charge in [-0.05, 0) is 79.9 Å². The number of hydrogen-bond acceptors (Lipinski definition) is 2. The van der Waals surface area contributed by atoms with E-state index in [9.17, 15) is 10.2 Å². The van der Waals surface area contributed by atoms with Crippen LogP contribution in [0, 0.1) is 17.8 Å². The second-order valence-corrected chi connectivity index (χ2v) is 6.90. The highest BCUT2D eigenvalue weighted by Gasteiger charge is 2.52. The molecule has 0 aliphatic heterocycles. The number of rotatable bonds is 1. The number of hydrogen-bond donors (Lipinski definition) is 2. The van der Waals surface area contributed by atoms with Crippen molar-refractivity contribution in [3.8, 4) is 11.5 Å². The molecule has 4 saturated carbocycles. The van der Waals surface area contributed by atoms with E-state index in [0.717, 1.165) is 23.3 Å². The number of phenols is 2. The van der Waals surface area contributed by atoms with E-state index in [4.69, 9.17) is 0 Å². The topological polar surface area (TPSA) is 40.5 Å². The molecule has 0 radical (unpaired) electrons. The lowest BCUT2D eigenvalue weighted by Crippen LogP contribution is -2.48. The van der Waals surface area contributed by atoms with Crippen molar-refractivity contribution < 1.29 is 10.2 Å². The molecule has 0 atom stereocenters. The minimum absolute atomic E-state index is 0.164. The lowest BCUT2D eigenvalue weighted by Gasteiger charge is -2.57. The molecule has 0 spiro atoms. The minimum Gasteiger partial charge on any atom is -0.508 e. The molecule has 1 aromatic carbocycles. The van der Waals surface area contributed by atoms with Crippen LogP contribution in [0.3, 0.4) is 0 Å². The predicted molar refractivity (Wildman–Crippen MR) is 69.6 cm³/mol. The Morgan fingerprint density at radius 1 is 0.889 bits per heavy atom. The van der Waals surface area contributed by atoms with Gasteiger partial charge in [0.15, 0.2) is 0 Å². The van der Waals surface area contributed by atoms with E-state index in [1.54, 1.807) is 12.1 Å². The quantitative estimate of drug-likeness (QED) is 0.741. The zero-order valence-electron chi connectivity index (χ0n) is 10.6. The molecule has 5 rings (SSSR count). The maximum Gasteiger partial charge on any atom is 0.119 e. The van der Waals surface area contributed by atoms with Crippen molar-refractivity contribution in [2.24, 2.45) is 17.8 Å². The highest BCUT2D eigenvalue weighted by molar-refractivity contribution is 5.45. The van der Waals surface area contributed by atoms with Gasteiger partial charge < -0.3 is 10.2 Å². The number of benzene rings is 1. The van der Waals surface area contributed by atoms with Crippen molar-refractivity contribution in [3.63, 3.8) is 0 Å². The second-order valence-electron chi connectivity index (χ2n) is 6.90. The molecule has 0 amide bonds. The van der Waals surface area contributed by atoms with E-state index in [0.29, 0.717) is 11.5 Å². The summed E-state index contributed by atoms with van der Waals surface area (Å²) in [7, 11) is 0. The van der Waals surface area contributed by atoms with Crippen molar-refractivity contribution in [2.45, 2.75) is 43.9 Å². The number of aromatic hydroxyl groups is 2. The fourth-order valence-corrected chi connectivity index (χ4v) is 5.39. The summed E-state index contributed by atoms with van der Waals surface area (Å²) in [5.41, 5.74) is 1.18. The molecule has 0 unspecified atom stereocenters. The maximum atomic E-state index is 10.2. The van der Waals surface area contributed by atoms with Crippen LogP contribution < -0.4 is 0 Å². The third-order valence-electron chi connectivity index (χ3n) is 5.59. The van der Waals surface area contributed by atoms with Crippen LogP contribution in [0.4, 0.5) is 0 Å².